The van der Waals surface area contributed by atoms with Crippen molar-refractivity contribution in [2.75, 3.05) is 0 Å². The van der Waals surface area contributed by atoms with E-state index in [1.54, 1.807) is 11.3 Å². The fourth-order valence-electron chi connectivity index (χ4n) is 2.59. The van der Waals surface area contributed by atoms with Crippen LogP contribution in [0.4, 0.5) is 0 Å². The Morgan fingerprint density at radius 1 is 1.15 bits per heavy atom. The molecule has 0 saturated carbocycles. The highest BCUT2D eigenvalue weighted by molar-refractivity contribution is 7.19. The molecule has 0 amide bonds. The van der Waals surface area contributed by atoms with Gasteiger partial charge in [-0.15, -0.1) is 22.7 Å². The Kier molecular flexibility index (Phi) is 4.97. The van der Waals surface area contributed by atoms with Gasteiger partial charge in [0.25, 0.3) is 0 Å². The number of nitriles is 1. The molecule has 6 heteroatoms. The van der Waals surface area contributed by atoms with E-state index in [0.29, 0.717) is 12.2 Å². The van der Waals surface area contributed by atoms with Gasteiger partial charge >= 0.3 is 0 Å². The maximum atomic E-state index is 9.55. The smallest absolute Gasteiger partial charge is 0.135 e. The Bertz CT molecular complexity index is 1120. The van der Waals surface area contributed by atoms with Gasteiger partial charge in [0.1, 0.15) is 23.4 Å². The molecule has 0 radical (unpaired) electrons. The van der Waals surface area contributed by atoms with Gasteiger partial charge in [0.05, 0.1) is 26.5 Å². The second-order valence-electron chi connectivity index (χ2n) is 5.87. The van der Waals surface area contributed by atoms with E-state index in [4.69, 9.17) is 4.74 Å². The third kappa shape index (κ3) is 4.05. The van der Waals surface area contributed by atoms with Gasteiger partial charge < -0.3 is 4.74 Å². The maximum absolute atomic E-state index is 9.55. The Balaban J connectivity index is 1.50. The van der Waals surface area contributed by atoms with E-state index in [1.807, 2.05) is 66.9 Å². The number of thiazole rings is 2. The zero-order chi connectivity index (χ0) is 18.6. The molecule has 2 aromatic carbocycles. The molecule has 0 aliphatic carbocycles. The predicted octanol–water partition coefficient (Wildman–Crippen LogP) is 5.70. The molecule has 0 bridgehead atoms. The third-order valence-electron chi connectivity index (χ3n) is 3.89. The average molecular weight is 390 g/mol. The summed E-state index contributed by atoms with van der Waals surface area (Å²) in [6.07, 6.45) is 1.85. The van der Waals surface area contributed by atoms with Gasteiger partial charge in [-0.05, 0) is 42.8 Å². The summed E-state index contributed by atoms with van der Waals surface area (Å²) in [6.45, 7) is 2.43. The van der Waals surface area contributed by atoms with E-state index in [-0.39, 0.29) is 0 Å². The molecule has 0 atom stereocenters. The zero-order valence-corrected chi connectivity index (χ0v) is 16.2. The monoisotopic (exact) mass is 389 g/mol. The molecule has 0 N–H and O–H groups in total. The summed E-state index contributed by atoms with van der Waals surface area (Å²) in [5, 5.41) is 13.3. The number of ether oxygens (including phenoxy) is 1. The van der Waals surface area contributed by atoms with Crippen molar-refractivity contribution in [1.29, 1.82) is 5.26 Å². The molecule has 2 heterocycles. The summed E-state index contributed by atoms with van der Waals surface area (Å²) in [6, 6.07) is 17.8. The number of hydrogen-bond donors (Lipinski definition) is 0. The van der Waals surface area contributed by atoms with E-state index in [9.17, 15) is 5.26 Å². The summed E-state index contributed by atoms with van der Waals surface area (Å²) < 4.78 is 6.84. The number of allylic oxidation sites excluding steroid dienone is 1. The van der Waals surface area contributed by atoms with Crippen LogP contribution in [-0.4, -0.2) is 9.97 Å². The number of hydrogen-bond acceptors (Lipinski definition) is 6. The van der Waals surface area contributed by atoms with E-state index in [2.05, 4.69) is 16.0 Å². The number of aryl methyl sites for hydroxylation is 1. The van der Waals surface area contributed by atoms with E-state index in [0.717, 1.165) is 37.2 Å². The number of aromatic nitrogens is 2. The summed E-state index contributed by atoms with van der Waals surface area (Å²) in [7, 11) is 0. The fraction of sp³-hybridized carbons (Fsp3) is 0.0952. The first kappa shape index (κ1) is 17.4. The first-order chi connectivity index (χ1) is 13.2. The molecular formula is C21H15N3OS2. The molecule has 0 saturated heterocycles. The summed E-state index contributed by atoms with van der Waals surface area (Å²) in [5.74, 6) is 0.774. The molecule has 0 unspecified atom stereocenters. The normalized spacial score (nSPS) is 11.5. The topological polar surface area (TPSA) is 58.8 Å². The predicted molar refractivity (Wildman–Crippen MR) is 111 cm³/mol. The Morgan fingerprint density at radius 3 is 2.67 bits per heavy atom. The van der Waals surface area contributed by atoms with Crippen molar-refractivity contribution in [1.82, 2.24) is 9.97 Å². The van der Waals surface area contributed by atoms with Crippen LogP contribution in [0.2, 0.25) is 0 Å². The largest absolute Gasteiger partial charge is 0.487 e. The van der Waals surface area contributed by atoms with Crippen LogP contribution in [0, 0.1) is 18.3 Å². The second kappa shape index (κ2) is 7.70. The molecule has 0 fully saturated rings. The molecule has 4 rings (SSSR count). The van der Waals surface area contributed by atoms with Gasteiger partial charge in [-0.1, -0.05) is 24.3 Å². The van der Waals surface area contributed by atoms with Crippen LogP contribution < -0.4 is 4.74 Å². The number of para-hydroxylation sites is 1. The summed E-state index contributed by atoms with van der Waals surface area (Å²) in [4.78, 5) is 8.95. The number of nitrogens with zero attached hydrogens (tertiary/aromatic N) is 3. The SMILES string of the molecule is Cc1nc(COc2ccc(C=C(C#N)c3nc4ccccc4s3)cc2)cs1. The molecular weight excluding hydrogens is 374 g/mol. The molecule has 27 heavy (non-hydrogen) atoms. The lowest BCUT2D eigenvalue weighted by Gasteiger charge is -2.04. The summed E-state index contributed by atoms with van der Waals surface area (Å²) >= 11 is 3.14. The quantitative estimate of drug-likeness (QED) is 0.411. The van der Waals surface area contributed by atoms with Crippen LogP contribution in [0.15, 0.2) is 53.9 Å². The minimum absolute atomic E-state index is 0.453. The molecule has 4 aromatic rings. The first-order valence-electron chi connectivity index (χ1n) is 8.33. The maximum Gasteiger partial charge on any atom is 0.135 e. The molecule has 4 nitrogen and oxygen atoms in total. The van der Waals surface area contributed by atoms with Gasteiger partial charge in [0, 0.05) is 5.38 Å². The van der Waals surface area contributed by atoms with Crippen molar-refractivity contribution in [3.8, 4) is 11.8 Å². The average Bonchev–Trinajstić information content (AvgIpc) is 3.31. The van der Waals surface area contributed by atoms with Crippen molar-refractivity contribution < 1.29 is 4.74 Å². The number of rotatable bonds is 5. The molecule has 0 aliphatic rings. The number of benzene rings is 2. The lowest BCUT2D eigenvalue weighted by atomic mass is 10.1. The van der Waals surface area contributed by atoms with Gasteiger partial charge in [-0.2, -0.15) is 5.26 Å². The Hall–Kier alpha value is -3.01. The van der Waals surface area contributed by atoms with Crippen LogP contribution in [0.3, 0.4) is 0 Å². The van der Waals surface area contributed by atoms with Crippen molar-refractivity contribution in [3.05, 3.63) is 75.2 Å². The van der Waals surface area contributed by atoms with Gasteiger partial charge in [0.15, 0.2) is 0 Å². The van der Waals surface area contributed by atoms with Crippen LogP contribution in [0.5, 0.6) is 5.75 Å². The number of fused-ring (bicyclic) bond motifs is 1. The fourth-order valence-corrected chi connectivity index (χ4v) is 4.12. The summed E-state index contributed by atoms with van der Waals surface area (Å²) in [5.41, 5.74) is 3.34. The van der Waals surface area contributed by atoms with Crippen molar-refractivity contribution in [3.63, 3.8) is 0 Å². The zero-order valence-electron chi connectivity index (χ0n) is 14.5. The van der Waals surface area contributed by atoms with Crippen LogP contribution in [-0.2, 0) is 6.61 Å². The molecule has 0 spiro atoms. The van der Waals surface area contributed by atoms with Crippen LogP contribution in [0.25, 0.3) is 21.9 Å². The second-order valence-corrected chi connectivity index (χ2v) is 7.97. The van der Waals surface area contributed by atoms with E-state index < -0.39 is 0 Å². The Labute approximate surface area is 165 Å². The van der Waals surface area contributed by atoms with Crippen molar-refractivity contribution in [2.45, 2.75) is 13.5 Å². The van der Waals surface area contributed by atoms with Gasteiger partial charge in [-0.25, -0.2) is 9.97 Å². The lowest BCUT2D eigenvalue weighted by Crippen LogP contribution is -1.95. The molecule has 0 aliphatic heterocycles. The first-order valence-corrected chi connectivity index (χ1v) is 10.0. The van der Waals surface area contributed by atoms with Crippen molar-refractivity contribution >= 4 is 44.5 Å². The Morgan fingerprint density at radius 2 is 1.96 bits per heavy atom. The highest BCUT2D eigenvalue weighted by atomic mass is 32.1. The van der Waals surface area contributed by atoms with Gasteiger partial charge in [-0.3, -0.25) is 0 Å². The van der Waals surface area contributed by atoms with E-state index in [1.165, 1.54) is 11.3 Å². The highest BCUT2D eigenvalue weighted by Crippen LogP contribution is 2.28. The molecule has 132 valence electrons. The highest BCUT2D eigenvalue weighted by Gasteiger charge is 2.08. The third-order valence-corrected chi connectivity index (χ3v) is 5.78. The van der Waals surface area contributed by atoms with Crippen molar-refractivity contribution in [2.24, 2.45) is 0 Å². The van der Waals surface area contributed by atoms with Gasteiger partial charge in [0.2, 0.25) is 0 Å². The van der Waals surface area contributed by atoms with Crippen LogP contribution in [0.1, 0.15) is 21.3 Å². The van der Waals surface area contributed by atoms with Crippen LogP contribution >= 0.6 is 22.7 Å². The minimum Gasteiger partial charge on any atom is -0.487 e. The lowest BCUT2D eigenvalue weighted by molar-refractivity contribution is 0.302. The standard InChI is InChI=1S/C21H15N3OS2/c1-14-23-17(13-26-14)12-25-18-8-6-15(7-9-18)10-16(11-22)21-24-19-4-2-3-5-20(19)27-21/h2-10,13H,12H2,1H3. The molecule has 2 aromatic heterocycles. The minimum atomic E-state index is 0.453. The van der Waals surface area contributed by atoms with E-state index >= 15 is 0 Å².